The molecule has 2 aliphatic heterocycles. The Hall–Kier alpha value is -2.07. The van der Waals surface area contributed by atoms with Crippen molar-refractivity contribution >= 4 is 11.9 Å². The van der Waals surface area contributed by atoms with Gasteiger partial charge in [0, 0.05) is 44.6 Å². The van der Waals surface area contributed by atoms with E-state index in [0.29, 0.717) is 11.8 Å². The zero-order valence-electron chi connectivity index (χ0n) is 18.1. The van der Waals surface area contributed by atoms with Crippen molar-refractivity contribution in [3.63, 3.8) is 0 Å². The van der Waals surface area contributed by atoms with E-state index >= 15 is 0 Å². The molecule has 0 bridgehead atoms. The number of nitrogens with zero attached hydrogens (tertiary/aromatic N) is 3. The van der Waals surface area contributed by atoms with Crippen LogP contribution in [0.15, 0.2) is 18.3 Å². The van der Waals surface area contributed by atoms with Crippen LogP contribution in [0.2, 0.25) is 0 Å². The fourth-order valence-electron chi connectivity index (χ4n) is 4.07. The summed E-state index contributed by atoms with van der Waals surface area (Å²) in [7, 11) is 1.75. The van der Waals surface area contributed by atoms with Crippen LogP contribution >= 0.6 is 0 Å². The lowest BCUT2D eigenvalue weighted by molar-refractivity contribution is -0.192. The Labute approximate surface area is 180 Å². The molecule has 3 heterocycles. The highest BCUT2D eigenvalue weighted by Gasteiger charge is 2.38. The molecule has 1 saturated heterocycles. The Balaban J connectivity index is 0.000000423. The highest BCUT2D eigenvalue weighted by atomic mass is 19.4. The maximum Gasteiger partial charge on any atom is 0.490 e. The first-order chi connectivity index (χ1) is 14.7. The summed E-state index contributed by atoms with van der Waals surface area (Å²) in [6.45, 7) is 8.78. The molecule has 1 fully saturated rings. The minimum atomic E-state index is -5.08. The third-order valence-electron chi connectivity index (χ3n) is 5.88. The summed E-state index contributed by atoms with van der Waals surface area (Å²) in [5.74, 6) is -1.72. The smallest absolute Gasteiger partial charge is 0.475 e. The number of aliphatic carboxylic acids is 1. The third kappa shape index (κ3) is 7.53. The van der Waals surface area contributed by atoms with Gasteiger partial charge in [0.2, 0.25) is 5.91 Å². The number of alkyl halides is 3. The first-order valence-electron chi connectivity index (χ1n) is 10.6. The van der Waals surface area contributed by atoms with Gasteiger partial charge in [0.1, 0.15) is 0 Å². The van der Waals surface area contributed by atoms with Crippen molar-refractivity contribution < 1.29 is 32.6 Å². The molecule has 1 atom stereocenters. The summed E-state index contributed by atoms with van der Waals surface area (Å²) in [4.78, 5) is 26.6. The van der Waals surface area contributed by atoms with Gasteiger partial charge in [-0.05, 0) is 56.9 Å². The van der Waals surface area contributed by atoms with Gasteiger partial charge in [0.05, 0.1) is 6.54 Å². The van der Waals surface area contributed by atoms with Crippen LogP contribution in [0.5, 0.6) is 0 Å². The lowest BCUT2D eigenvalue weighted by Crippen LogP contribution is -2.43. The van der Waals surface area contributed by atoms with Gasteiger partial charge in [0.15, 0.2) is 0 Å². The summed E-state index contributed by atoms with van der Waals surface area (Å²) in [5.41, 5.74) is 1.26. The third-order valence-corrected chi connectivity index (χ3v) is 5.88. The summed E-state index contributed by atoms with van der Waals surface area (Å²) in [6, 6.07) is 4.25. The predicted molar refractivity (Wildman–Crippen MR) is 108 cm³/mol. The molecule has 0 saturated carbocycles. The predicted octanol–water partition coefficient (Wildman–Crippen LogP) is 2.85. The average Bonchev–Trinajstić information content (AvgIpc) is 3.09. The number of likely N-dealkylation sites (tertiary alicyclic amines) is 1. The SMILES string of the molecule is CCN1CCC(C(=O)N2Cc3cccn3CC(CCOC)C2)CC1.O=C(O)C(F)(F)F. The summed E-state index contributed by atoms with van der Waals surface area (Å²) in [6.07, 6.45) is 0.0782. The second-order valence-corrected chi connectivity index (χ2v) is 8.03. The number of carbonyl (C=O) groups is 2. The number of methoxy groups -OCH3 is 1. The van der Waals surface area contributed by atoms with Gasteiger partial charge < -0.3 is 24.2 Å². The summed E-state index contributed by atoms with van der Waals surface area (Å²) >= 11 is 0. The maximum absolute atomic E-state index is 13.1. The zero-order chi connectivity index (χ0) is 23.0. The number of amides is 1. The van der Waals surface area contributed by atoms with Crippen LogP contribution in [0.4, 0.5) is 13.2 Å². The number of ether oxygens (including phenoxy) is 1. The molecule has 3 rings (SSSR count). The highest BCUT2D eigenvalue weighted by Crippen LogP contribution is 2.25. The quantitative estimate of drug-likeness (QED) is 0.751. The van der Waals surface area contributed by atoms with Crippen LogP contribution in [0.25, 0.3) is 0 Å². The van der Waals surface area contributed by atoms with Crippen LogP contribution in [0.3, 0.4) is 0 Å². The van der Waals surface area contributed by atoms with E-state index < -0.39 is 12.1 Å². The average molecular weight is 447 g/mol. The first-order valence-corrected chi connectivity index (χ1v) is 10.6. The number of halogens is 3. The topological polar surface area (TPSA) is 75.0 Å². The number of hydrogen-bond acceptors (Lipinski definition) is 4. The molecular weight excluding hydrogens is 415 g/mol. The minimum Gasteiger partial charge on any atom is -0.475 e. The van der Waals surface area contributed by atoms with E-state index in [1.165, 1.54) is 5.69 Å². The molecular formula is C21H32F3N3O4. The van der Waals surface area contributed by atoms with Crippen LogP contribution < -0.4 is 0 Å². The van der Waals surface area contributed by atoms with E-state index in [9.17, 15) is 18.0 Å². The number of carboxylic acid groups (broad SMARTS) is 1. The molecule has 2 aliphatic rings. The fourth-order valence-corrected chi connectivity index (χ4v) is 4.07. The molecule has 0 aromatic carbocycles. The molecule has 0 aliphatic carbocycles. The minimum absolute atomic E-state index is 0.206. The molecule has 176 valence electrons. The highest BCUT2D eigenvalue weighted by molar-refractivity contribution is 5.79. The van der Waals surface area contributed by atoms with Gasteiger partial charge in [-0.15, -0.1) is 0 Å². The van der Waals surface area contributed by atoms with Crippen LogP contribution in [-0.2, 0) is 27.4 Å². The molecule has 1 aromatic heterocycles. The number of aromatic nitrogens is 1. The number of rotatable bonds is 5. The van der Waals surface area contributed by atoms with E-state index in [0.717, 1.165) is 65.1 Å². The van der Waals surface area contributed by atoms with Gasteiger partial charge in [-0.3, -0.25) is 4.79 Å². The molecule has 10 heteroatoms. The Bertz CT molecular complexity index is 715. The van der Waals surface area contributed by atoms with Crippen LogP contribution in [0.1, 0.15) is 31.9 Å². The Kier molecular flexibility index (Phi) is 9.36. The normalized spacial score (nSPS) is 20.4. The van der Waals surface area contributed by atoms with Crippen molar-refractivity contribution in [2.45, 2.75) is 45.5 Å². The maximum atomic E-state index is 13.1. The number of fused-ring (bicyclic) bond motifs is 1. The van der Waals surface area contributed by atoms with Crippen molar-refractivity contribution in [1.29, 1.82) is 0 Å². The van der Waals surface area contributed by atoms with E-state index in [2.05, 4.69) is 39.6 Å². The second kappa shape index (κ2) is 11.5. The van der Waals surface area contributed by atoms with Crippen molar-refractivity contribution in [3.05, 3.63) is 24.0 Å². The monoisotopic (exact) mass is 447 g/mol. The molecule has 31 heavy (non-hydrogen) atoms. The van der Waals surface area contributed by atoms with Crippen LogP contribution in [-0.4, -0.2) is 77.4 Å². The van der Waals surface area contributed by atoms with Crippen molar-refractivity contribution in [2.24, 2.45) is 11.8 Å². The fraction of sp³-hybridized carbons (Fsp3) is 0.714. The molecule has 0 radical (unpaired) electrons. The zero-order valence-corrected chi connectivity index (χ0v) is 18.1. The van der Waals surface area contributed by atoms with Gasteiger partial charge in [-0.2, -0.15) is 13.2 Å². The Morgan fingerprint density at radius 1 is 1.23 bits per heavy atom. The van der Waals surface area contributed by atoms with Gasteiger partial charge in [-0.25, -0.2) is 4.79 Å². The summed E-state index contributed by atoms with van der Waals surface area (Å²) < 4.78 is 39.3. The lowest BCUT2D eigenvalue weighted by atomic mass is 9.94. The molecule has 1 amide bonds. The standard InChI is InChI=1S/C19H31N3O2.C2HF3O2/c1-3-20-10-6-17(7-11-20)19(23)22-14-16(8-12-24-2)13-21-9-4-5-18(21)15-22;3-2(4,5)1(6)7/h4-5,9,16-17H,3,6-8,10-15H2,1-2H3;(H,6,7). The van der Waals surface area contributed by atoms with Crippen molar-refractivity contribution in [3.8, 4) is 0 Å². The molecule has 1 aromatic rings. The first kappa shape index (κ1) is 25.2. The summed E-state index contributed by atoms with van der Waals surface area (Å²) in [5, 5.41) is 7.12. The van der Waals surface area contributed by atoms with Crippen molar-refractivity contribution in [2.75, 3.05) is 39.9 Å². The molecule has 1 N–H and O–H groups in total. The van der Waals surface area contributed by atoms with E-state index in [4.69, 9.17) is 14.6 Å². The molecule has 0 spiro atoms. The molecule has 7 nitrogen and oxygen atoms in total. The van der Waals surface area contributed by atoms with Crippen molar-refractivity contribution in [1.82, 2.24) is 14.4 Å². The largest absolute Gasteiger partial charge is 0.490 e. The van der Waals surface area contributed by atoms with E-state index in [1.807, 2.05) is 0 Å². The van der Waals surface area contributed by atoms with E-state index in [1.54, 1.807) is 7.11 Å². The number of hydrogen-bond donors (Lipinski definition) is 1. The van der Waals surface area contributed by atoms with Gasteiger partial charge in [-0.1, -0.05) is 6.92 Å². The number of carboxylic acids is 1. The van der Waals surface area contributed by atoms with Gasteiger partial charge in [0.25, 0.3) is 0 Å². The van der Waals surface area contributed by atoms with Crippen LogP contribution in [0, 0.1) is 11.8 Å². The molecule has 1 unspecified atom stereocenters. The number of piperidine rings is 1. The Morgan fingerprint density at radius 2 is 1.87 bits per heavy atom. The van der Waals surface area contributed by atoms with Gasteiger partial charge >= 0.3 is 12.1 Å². The number of carbonyl (C=O) groups excluding carboxylic acids is 1. The van der Waals surface area contributed by atoms with E-state index in [-0.39, 0.29) is 5.92 Å². The Morgan fingerprint density at radius 3 is 2.42 bits per heavy atom. The second-order valence-electron chi connectivity index (χ2n) is 8.03. The lowest BCUT2D eigenvalue weighted by Gasteiger charge is -2.34.